The van der Waals surface area contributed by atoms with Gasteiger partial charge in [-0.1, -0.05) is 66.4 Å². The molecule has 0 radical (unpaired) electrons. The first-order chi connectivity index (χ1) is 19.9. The highest BCUT2D eigenvalue weighted by atomic mass is 32.2. The van der Waals surface area contributed by atoms with Crippen molar-refractivity contribution in [1.29, 1.82) is 0 Å². The summed E-state index contributed by atoms with van der Waals surface area (Å²) in [6.45, 7) is 6.11. The standard InChI is InChI=1S/C32H34N2O6S2/c1-31(2,3)40-29(38)34-17-7-16-32(34,28(36)37)19-21-10-12-23(13-11-21)25-15-14-24(39-25)18-26-27(35)33(30(41)42-26)20-22-8-5-4-6-9-22/h4-6,8-15,18,30,41H,7,16-17,19-20H2,1-3H3,(H,36,37)/b26-18-/t30-,32-/m1/s1. The van der Waals surface area contributed by atoms with Crippen molar-refractivity contribution < 1.29 is 28.6 Å². The van der Waals surface area contributed by atoms with Crippen LogP contribution in [0.25, 0.3) is 17.4 Å². The summed E-state index contributed by atoms with van der Waals surface area (Å²) in [6, 6.07) is 20.9. The van der Waals surface area contributed by atoms with Crippen molar-refractivity contribution >= 4 is 48.4 Å². The number of benzene rings is 2. The quantitative estimate of drug-likeness (QED) is 0.229. The first-order valence-electron chi connectivity index (χ1n) is 13.8. The second-order valence-electron chi connectivity index (χ2n) is 11.5. The maximum Gasteiger partial charge on any atom is 0.411 e. The van der Waals surface area contributed by atoms with E-state index in [1.165, 1.54) is 16.7 Å². The third-order valence-electron chi connectivity index (χ3n) is 7.30. The molecule has 0 spiro atoms. The van der Waals surface area contributed by atoms with Gasteiger partial charge in [-0.15, -0.1) is 12.6 Å². The smallest absolute Gasteiger partial charge is 0.411 e. The zero-order chi connectivity index (χ0) is 30.1. The lowest BCUT2D eigenvalue weighted by atomic mass is 9.88. The van der Waals surface area contributed by atoms with Gasteiger partial charge in [-0.3, -0.25) is 9.69 Å². The van der Waals surface area contributed by atoms with E-state index in [4.69, 9.17) is 9.15 Å². The summed E-state index contributed by atoms with van der Waals surface area (Å²) in [5.41, 5.74) is 0.556. The largest absolute Gasteiger partial charge is 0.479 e. The SMILES string of the molecule is CC(C)(C)OC(=O)N1CCC[C@@]1(Cc1ccc(-c2ccc(/C=C3\S[C@@H](S)N(Cc4ccccc4)C3=O)o2)cc1)C(=O)O. The number of thioether (sulfide) groups is 1. The second-order valence-corrected chi connectivity index (χ2v) is 13.5. The van der Waals surface area contributed by atoms with Gasteiger partial charge < -0.3 is 19.2 Å². The van der Waals surface area contributed by atoms with Gasteiger partial charge in [0.15, 0.2) is 0 Å². The molecule has 2 amide bonds. The number of carboxylic acid groups (broad SMARTS) is 1. The Balaban J connectivity index is 1.28. The first kappa shape index (κ1) is 29.8. The number of carbonyl (C=O) groups excluding carboxylic acids is 2. The van der Waals surface area contributed by atoms with Crippen LogP contribution in [-0.2, 0) is 27.3 Å². The van der Waals surface area contributed by atoms with Crippen LogP contribution >= 0.6 is 24.4 Å². The predicted octanol–water partition coefficient (Wildman–Crippen LogP) is 6.67. The minimum atomic E-state index is -1.36. The van der Waals surface area contributed by atoms with Gasteiger partial charge >= 0.3 is 12.1 Å². The molecule has 8 nitrogen and oxygen atoms in total. The van der Waals surface area contributed by atoms with Crippen molar-refractivity contribution in [3.8, 4) is 11.3 Å². The number of likely N-dealkylation sites (tertiary alicyclic amines) is 1. The number of amides is 2. The molecule has 0 saturated carbocycles. The fraction of sp³-hybridized carbons (Fsp3) is 0.344. The van der Waals surface area contributed by atoms with Crippen molar-refractivity contribution in [3.05, 3.63) is 88.5 Å². The maximum absolute atomic E-state index is 13.1. The van der Waals surface area contributed by atoms with E-state index in [0.717, 1.165) is 16.7 Å². The van der Waals surface area contributed by atoms with Crippen molar-refractivity contribution in [2.45, 2.75) is 62.4 Å². The summed E-state index contributed by atoms with van der Waals surface area (Å²) in [4.78, 5) is 42.1. The van der Waals surface area contributed by atoms with E-state index in [1.54, 1.807) is 31.7 Å². The Bertz CT molecular complexity index is 1500. The molecule has 10 heteroatoms. The van der Waals surface area contributed by atoms with Crippen molar-refractivity contribution in [1.82, 2.24) is 9.80 Å². The van der Waals surface area contributed by atoms with Crippen LogP contribution in [0.15, 0.2) is 76.1 Å². The molecule has 1 aromatic heterocycles. The maximum atomic E-state index is 13.1. The molecule has 3 aromatic rings. The molecule has 0 aliphatic carbocycles. The summed E-state index contributed by atoms with van der Waals surface area (Å²) in [6.07, 6.45) is 2.24. The third-order valence-corrected chi connectivity index (χ3v) is 8.91. The fourth-order valence-corrected chi connectivity index (χ4v) is 6.73. The number of carbonyl (C=O) groups is 3. The molecular formula is C32H34N2O6S2. The Kier molecular flexibility index (Phi) is 8.48. The number of ether oxygens (including phenoxy) is 1. The number of aliphatic carboxylic acids is 1. The number of thiol groups is 1. The Morgan fingerprint density at radius 3 is 2.48 bits per heavy atom. The number of rotatable bonds is 7. The Morgan fingerprint density at radius 2 is 1.81 bits per heavy atom. The zero-order valence-corrected chi connectivity index (χ0v) is 25.5. The summed E-state index contributed by atoms with van der Waals surface area (Å²) in [5, 5.41) is 10.2. The average Bonchev–Trinajstić information content (AvgIpc) is 3.65. The number of carboxylic acids is 1. The molecule has 2 aliphatic heterocycles. The van der Waals surface area contributed by atoms with E-state index in [2.05, 4.69) is 12.6 Å². The minimum absolute atomic E-state index is 0.0918. The van der Waals surface area contributed by atoms with E-state index >= 15 is 0 Å². The van der Waals surface area contributed by atoms with Crippen LogP contribution in [0.2, 0.25) is 0 Å². The molecule has 0 unspecified atom stereocenters. The van der Waals surface area contributed by atoms with Gasteiger partial charge in [-0.05, 0) is 56.9 Å². The highest BCUT2D eigenvalue weighted by molar-refractivity contribution is 8.14. The monoisotopic (exact) mass is 606 g/mol. The number of hydrogen-bond donors (Lipinski definition) is 2. The zero-order valence-electron chi connectivity index (χ0n) is 23.8. The summed E-state index contributed by atoms with van der Waals surface area (Å²) in [7, 11) is 0. The molecule has 2 saturated heterocycles. The lowest BCUT2D eigenvalue weighted by molar-refractivity contribution is -0.149. The topological polar surface area (TPSA) is 100 Å². The molecule has 0 bridgehead atoms. The van der Waals surface area contributed by atoms with Gasteiger partial charge in [-0.25, -0.2) is 9.59 Å². The van der Waals surface area contributed by atoms with Crippen LogP contribution in [0.5, 0.6) is 0 Å². The Hall–Kier alpha value is -3.63. The summed E-state index contributed by atoms with van der Waals surface area (Å²) >= 11 is 5.98. The minimum Gasteiger partial charge on any atom is -0.479 e. The van der Waals surface area contributed by atoms with E-state index < -0.39 is 23.2 Å². The van der Waals surface area contributed by atoms with Crippen LogP contribution in [0, 0.1) is 0 Å². The van der Waals surface area contributed by atoms with E-state index in [-0.39, 0.29) is 17.0 Å². The molecule has 2 aromatic carbocycles. The normalized spacial score (nSPS) is 21.8. The van der Waals surface area contributed by atoms with Crippen LogP contribution in [0.3, 0.4) is 0 Å². The molecule has 1 N–H and O–H groups in total. The Morgan fingerprint density at radius 1 is 1.10 bits per heavy atom. The molecule has 2 aliphatic rings. The highest BCUT2D eigenvalue weighted by Crippen LogP contribution is 2.40. The lowest BCUT2D eigenvalue weighted by Gasteiger charge is -2.36. The average molecular weight is 607 g/mol. The van der Waals surface area contributed by atoms with Gasteiger partial charge in [0, 0.05) is 31.1 Å². The van der Waals surface area contributed by atoms with Crippen molar-refractivity contribution in [2.75, 3.05) is 6.54 Å². The van der Waals surface area contributed by atoms with Crippen molar-refractivity contribution in [2.24, 2.45) is 0 Å². The molecule has 2 atom stereocenters. The predicted molar refractivity (Wildman–Crippen MR) is 166 cm³/mol. The number of furan rings is 1. The molecule has 220 valence electrons. The van der Waals surface area contributed by atoms with Crippen LogP contribution in [0.4, 0.5) is 4.79 Å². The van der Waals surface area contributed by atoms with Crippen LogP contribution in [-0.4, -0.2) is 55.3 Å². The van der Waals surface area contributed by atoms with Gasteiger partial charge in [0.1, 0.15) is 27.4 Å². The number of hydrogen-bond acceptors (Lipinski definition) is 7. The first-order valence-corrected chi connectivity index (χ1v) is 15.2. The second kappa shape index (κ2) is 11.9. The fourth-order valence-electron chi connectivity index (χ4n) is 5.28. The van der Waals surface area contributed by atoms with E-state index in [9.17, 15) is 19.5 Å². The number of nitrogens with zero attached hydrogens (tertiary/aromatic N) is 2. The molecule has 5 rings (SSSR count). The van der Waals surface area contributed by atoms with Crippen LogP contribution < -0.4 is 0 Å². The molecule has 42 heavy (non-hydrogen) atoms. The molecule has 2 fully saturated rings. The van der Waals surface area contributed by atoms with Gasteiger partial charge in [0.2, 0.25) is 0 Å². The highest BCUT2D eigenvalue weighted by Gasteiger charge is 2.51. The van der Waals surface area contributed by atoms with Gasteiger partial charge in [0.25, 0.3) is 5.91 Å². The van der Waals surface area contributed by atoms with E-state index in [0.29, 0.717) is 42.4 Å². The molecule has 3 heterocycles. The lowest BCUT2D eigenvalue weighted by Crippen LogP contribution is -2.55. The summed E-state index contributed by atoms with van der Waals surface area (Å²) in [5.74, 6) is 0.0436. The Labute approximate surface area is 255 Å². The van der Waals surface area contributed by atoms with Crippen LogP contribution in [0.1, 0.15) is 50.5 Å². The third kappa shape index (κ3) is 6.39. The molecular weight excluding hydrogens is 572 g/mol. The van der Waals surface area contributed by atoms with Gasteiger partial charge in [0.05, 0.1) is 4.91 Å². The van der Waals surface area contributed by atoms with Gasteiger partial charge in [-0.2, -0.15) is 0 Å². The van der Waals surface area contributed by atoms with Crippen molar-refractivity contribution in [3.63, 3.8) is 0 Å². The summed E-state index contributed by atoms with van der Waals surface area (Å²) < 4.78 is 11.3. The van der Waals surface area contributed by atoms with E-state index in [1.807, 2.05) is 66.7 Å².